The van der Waals surface area contributed by atoms with Crippen LogP contribution < -0.4 is 0 Å². The molecule has 2 atom stereocenters. The van der Waals surface area contributed by atoms with Gasteiger partial charge in [-0.15, -0.1) is 5.10 Å². The normalized spacial score (nSPS) is 24.3. The standard InChI is InChI=1S/C17H18BrN5/c18-15-8-4-7-14(11-15)16-17-19-20-21-23(17)10-9-22(16)12-13-5-2-1-3-6-13/h1-8,15-16H,9-12H2. The predicted octanol–water partition coefficient (Wildman–Crippen LogP) is 2.88. The third-order valence-corrected chi connectivity index (χ3v) is 5.04. The first kappa shape index (κ1) is 14.8. The summed E-state index contributed by atoms with van der Waals surface area (Å²) >= 11 is 3.71. The van der Waals surface area contributed by atoms with Crippen molar-refractivity contribution in [3.05, 3.63) is 65.5 Å². The van der Waals surface area contributed by atoms with E-state index >= 15 is 0 Å². The van der Waals surface area contributed by atoms with Gasteiger partial charge in [-0.1, -0.05) is 64.5 Å². The van der Waals surface area contributed by atoms with Crippen LogP contribution in [0.25, 0.3) is 0 Å². The number of tetrazole rings is 1. The van der Waals surface area contributed by atoms with E-state index in [4.69, 9.17) is 0 Å². The SMILES string of the molecule is BrC1C=CC=C(C2c3nnnn3CCN2Cc2ccccc2)C1. The molecule has 2 heterocycles. The molecular formula is C17H18BrN5. The zero-order chi connectivity index (χ0) is 15.6. The van der Waals surface area contributed by atoms with Crippen LogP contribution in [-0.2, 0) is 13.1 Å². The average Bonchev–Trinajstić information content (AvgIpc) is 3.04. The van der Waals surface area contributed by atoms with E-state index in [1.165, 1.54) is 11.1 Å². The summed E-state index contributed by atoms with van der Waals surface area (Å²) < 4.78 is 1.94. The van der Waals surface area contributed by atoms with Crippen LogP contribution in [-0.4, -0.2) is 36.5 Å². The molecule has 1 aromatic carbocycles. The molecule has 5 nitrogen and oxygen atoms in total. The van der Waals surface area contributed by atoms with Crippen molar-refractivity contribution in [1.82, 2.24) is 25.1 Å². The third kappa shape index (κ3) is 3.01. The molecule has 0 saturated carbocycles. The van der Waals surface area contributed by atoms with E-state index < -0.39 is 0 Å². The van der Waals surface area contributed by atoms with E-state index in [1.807, 2.05) is 4.68 Å². The van der Waals surface area contributed by atoms with E-state index in [9.17, 15) is 0 Å². The molecule has 2 aromatic rings. The largest absolute Gasteiger partial charge is 0.284 e. The van der Waals surface area contributed by atoms with Gasteiger partial charge >= 0.3 is 0 Å². The fraction of sp³-hybridized carbons (Fsp3) is 0.353. The Hall–Kier alpha value is -1.79. The van der Waals surface area contributed by atoms with Crippen LogP contribution in [0.5, 0.6) is 0 Å². The Morgan fingerprint density at radius 1 is 1.17 bits per heavy atom. The molecule has 118 valence electrons. The molecule has 1 aliphatic carbocycles. The van der Waals surface area contributed by atoms with Gasteiger partial charge in [-0.3, -0.25) is 4.90 Å². The molecule has 2 unspecified atom stereocenters. The second kappa shape index (κ2) is 6.37. The minimum atomic E-state index is 0.143. The molecule has 0 saturated heterocycles. The third-order valence-electron chi connectivity index (χ3n) is 4.41. The molecule has 4 rings (SSSR count). The summed E-state index contributed by atoms with van der Waals surface area (Å²) in [5.74, 6) is 0.952. The van der Waals surface area contributed by atoms with Gasteiger partial charge in [0.15, 0.2) is 5.82 Å². The van der Waals surface area contributed by atoms with Gasteiger partial charge in [-0.05, 0) is 28.0 Å². The zero-order valence-corrected chi connectivity index (χ0v) is 14.3. The molecule has 0 amide bonds. The maximum Gasteiger partial charge on any atom is 0.172 e. The molecular weight excluding hydrogens is 354 g/mol. The minimum Gasteiger partial charge on any atom is -0.284 e. The number of rotatable bonds is 3. The Balaban J connectivity index is 1.68. The summed E-state index contributed by atoms with van der Waals surface area (Å²) in [4.78, 5) is 2.86. The van der Waals surface area contributed by atoms with Crippen LogP contribution in [0.3, 0.4) is 0 Å². The second-order valence-electron chi connectivity index (χ2n) is 5.97. The van der Waals surface area contributed by atoms with Crippen LogP contribution in [0.15, 0.2) is 54.1 Å². The molecule has 0 N–H and O–H groups in total. The Kier molecular flexibility index (Phi) is 4.10. The smallest absolute Gasteiger partial charge is 0.172 e. The van der Waals surface area contributed by atoms with Crippen molar-refractivity contribution in [1.29, 1.82) is 0 Å². The molecule has 2 aliphatic rings. The van der Waals surface area contributed by atoms with Crippen molar-refractivity contribution in [2.24, 2.45) is 0 Å². The van der Waals surface area contributed by atoms with E-state index in [0.717, 1.165) is 31.9 Å². The lowest BCUT2D eigenvalue weighted by atomic mass is 9.94. The fourth-order valence-corrected chi connectivity index (χ4v) is 3.88. The fourth-order valence-electron chi connectivity index (χ4n) is 3.33. The van der Waals surface area contributed by atoms with Gasteiger partial charge in [-0.25, -0.2) is 4.68 Å². The van der Waals surface area contributed by atoms with Crippen LogP contribution in [0.1, 0.15) is 23.9 Å². The highest BCUT2D eigenvalue weighted by molar-refractivity contribution is 9.09. The summed E-state index contributed by atoms with van der Waals surface area (Å²) in [7, 11) is 0. The molecule has 23 heavy (non-hydrogen) atoms. The van der Waals surface area contributed by atoms with Crippen molar-refractivity contribution in [2.45, 2.75) is 30.4 Å². The summed E-state index contributed by atoms with van der Waals surface area (Å²) in [5.41, 5.74) is 2.68. The highest BCUT2D eigenvalue weighted by Crippen LogP contribution is 2.36. The summed E-state index contributed by atoms with van der Waals surface area (Å²) in [5, 5.41) is 12.3. The molecule has 0 fully saturated rings. The van der Waals surface area contributed by atoms with Gasteiger partial charge in [0.25, 0.3) is 0 Å². The van der Waals surface area contributed by atoms with Crippen molar-refractivity contribution >= 4 is 15.9 Å². The Bertz CT molecular complexity index is 736. The number of benzene rings is 1. The number of aromatic nitrogens is 4. The Morgan fingerprint density at radius 3 is 2.87 bits per heavy atom. The maximum absolute atomic E-state index is 4.31. The van der Waals surface area contributed by atoms with E-state index in [0.29, 0.717) is 4.83 Å². The maximum atomic E-state index is 4.31. The number of hydrogen-bond donors (Lipinski definition) is 0. The molecule has 1 aliphatic heterocycles. The van der Waals surface area contributed by atoms with E-state index in [-0.39, 0.29) is 6.04 Å². The van der Waals surface area contributed by atoms with Crippen molar-refractivity contribution in [3.8, 4) is 0 Å². The Labute approximate surface area is 143 Å². The average molecular weight is 372 g/mol. The first-order valence-corrected chi connectivity index (χ1v) is 8.78. The van der Waals surface area contributed by atoms with Gasteiger partial charge in [0.05, 0.1) is 12.6 Å². The molecule has 6 heteroatoms. The first-order chi connectivity index (χ1) is 11.3. The number of alkyl halides is 1. The minimum absolute atomic E-state index is 0.143. The predicted molar refractivity (Wildman–Crippen MR) is 92.0 cm³/mol. The first-order valence-electron chi connectivity index (χ1n) is 7.86. The number of allylic oxidation sites excluding steroid dienone is 3. The van der Waals surface area contributed by atoms with E-state index in [1.54, 1.807) is 0 Å². The lowest BCUT2D eigenvalue weighted by molar-refractivity contribution is 0.159. The number of hydrogen-bond acceptors (Lipinski definition) is 4. The molecule has 1 aromatic heterocycles. The van der Waals surface area contributed by atoms with Gasteiger partial charge in [-0.2, -0.15) is 0 Å². The summed E-state index contributed by atoms with van der Waals surface area (Å²) in [6, 6.07) is 10.7. The summed E-state index contributed by atoms with van der Waals surface area (Å²) in [6.07, 6.45) is 7.50. The van der Waals surface area contributed by atoms with Gasteiger partial charge in [0.2, 0.25) is 0 Å². The topological polar surface area (TPSA) is 46.8 Å². The molecule has 0 bridgehead atoms. The van der Waals surface area contributed by atoms with Crippen LogP contribution >= 0.6 is 15.9 Å². The lowest BCUT2D eigenvalue weighted by Crippen LogP contribution is -2.39. The molecule has 0 radical (unpaired) electrons. The van der Waals surface area contributed by atoms with Gasteiger partial charge in [0, 0.05) is 17.9 Å². The monoisotopic (exact) mass is 371 g/mol. The van der Waals surface area contributed by atoms with E-state index in [2.05, 4.69) is 84.9 Å². The summed E-state index contributed by atoms with van der Waals surface area (Å²) in [6.45, 7) is 2.70. The van der Waals surface area contributed by atoms with Crippen molar-refractivity contribution in [2.75, 3.05) is 6.54 Å². The van der Waals surface area contributed by atoms with Crippen molar-refractivity contribution in [3.63, 3.8) is 0 Å². The number of fused-ring (bicyclic) bond motifs is 1. The highest BCUT2D eigenvalue weighted by atomic mass is 79.9. The van der Waals surface area contributed by atoms with Crippen LogP contribution in [0.2, 0.25) is 0 Å². The molecule has 0 spiro atoms. The number of halogens is 1. The number of nitrogens with zero attached hydrogens (tertiary/aromatic N) is 5. The quantitative estimate of drug-likeness (QED) is 0.778. The second-order valence-corrected chi connectivity index (χ2v) is 7.14. The van der Waals surface area contributed by atoms with Crippen LogP contribution in [0, 0.1) is 0 Å². The van der Waals surface area contributed by atoms with Gasteiger partial charge < -0.3 is 0 Å². The van der Waals surface area contributed by atoms with Crippen LogP contribution in [0.4, 0.5) is 0 Å². The van der Waals surface area contributed by atoms with Crippen molar-refractivity contribution < 1.29 is 0 Å². The Morgan fingerprint density at radius 2 is 2.04 bits per heavy atom. The zero-order valence-electron chi connectivity index (χ0n) is 12.7. The highest BCUT2D eigenvalue weighted by Gasteiger charge is 2.33. The lowest BCUT2D eigenvalue weighted by Gasteiger charge is -2.37. The van der Waals surface area contributed by atoms with Gasteiger partial charge in [0.1, 0.15) is 0 Å².